The van der Waals surface area contributed by atoms with Crippen molar-refractivity contribution in [1.82, 2.24) is 9.88 Å². The minimum atomic E-state index is -4.32. The second-order valence-electron chi connectivity index (χ2n) is 7.74. The summed E-state index contributed by atoms with van der Waals surface area (Å²) >= 11 is 0. The van der Waals surface area contributed by atoms with E-state index in [0.29, 0.717) is 19.6 Å². The van der Waals surface area contributed by atoms with Gasteiger partial charge in [0, 0.05) is 29.7 Å². The van der Waals surface area contributed by atoms with E-state index < -0.39 is 17.8 Å². The van der Waals surface area contributed by atoms with E-state index >= 15 is 0 Å². The highest BCUT2D eigenvalue weighted by molar-refractivity contribution is 5.85. The average Bonchev–Trinajstić information content (AvgIpc) is 3.02. The lowest BCUT2D eigenvalue weighted by atomic mass is 9.95. The number of nitrogens with one attached hydrogen (secondary N) is 1. The van der Waals surface area contributed by atoms with E-state index in [1.54, 1.807) is 0 Å². The van der Waals surface area contributed by atoms with E-state index in [-0.39, 0.29) is 0 Å². The van der Waals surface area contributed by atoms with Crippen LogP contribution in [0.2, 0.25) is 0 Å². The fraction of sp³-hybridized carbons (Fsp3) is 0.391. The van der Waals surface area contributed by atoms with Crippen LogP contribution in [0.25, 0.3) is 10.9 Å². The minimum absolute atomic E-state index is 0.377. The first-order chi connectivity index (χ1) is 13.9. The number of benzene rings is 2. The Hall–Kier alpha value is -2.31. The molecule has 1 aliphatic carbocycles. The van der Waals surface area contributed by atoms with Crippen molar-refractivity contribution in [3.8, 4) is 0 Å². The van der Waals surface area contributed by atoms with Crippen LogP contribution >= 0.6 is 0 Å². The molecule has 0 aliphatic heterocycles. The zero-order chi connectivity index (χ0) is 20.4. The zero-order valence-electron chi connectivity index (χ0n) is 16.2. The van der Waals surface area contributed by atoms with Crippen molar-refractivity contribution in [2.24, 2.45) is 0 Å². The summed E-state index contributed by atoms with van der Waals surface area (Å²) in [5.41, 5.74) is 4.02. The molecule has 2 aromatic carbocycles. The maximum absolute atomic E-state index is 12.6. The molecule has 1 aromatic heterocycles. The molecule has 29 heavy (non-hydrogen) atoms. The molecule has 1 aliphatic rings. The number of halogens is 3. The number of aryl methyl sites for hydroxylation is 1. The highest BCUT2D eigenvalue weighted by Gasteiger charge is 2.29. The van der Waals surface area contributed by atoms with Gasteiger partial charge in [0.1, 0.15) is 0 Å². The predicted octanol–water partition coefficient (Wildman–Crippen LogP) is 4.69. The van der Waals surface area contributed by atoms with Crippen molar-refractivity contribution < 1.29 is 18.3 Å². The molecule has 0 amide bonds. The van der Waals surface area contributed by atoms with E-state index in [0.717, 1.165) is 30.5 Å². The highest BCUT2D eigenvalue weighted by Crippen LogP contribution is 2.32. The number of para-hydroxylation sites is 1. The Morgan fingerprint density at radius 3 is 2.48 bits per heavy atom. The van der Waals surface area contributed by atoms with Crippen molar-refractivity contribution in [1.29, 1.82) is 0 Å². The van der Waals surface area contributed by atoms with Gasteiger partial charge >= 0.3 is 6.18 Å². The van der Waals surface area contributed by atoms with E-state index in [1.807, 2.05) is 6.07 Å². The van der Waals surface area contributed by atoms with Crippen LogP contribution in [0.1, 0.15) is 35.2 Å². The van der Waals surface area contributed by atoms with Crippen LogP contribution in [0.15, 0.2) is 48.5 Å². The van der Waals surface area contributed by atoms with Gasteiger partial charge in [0.15, 0.2) is 0 Å². The molecule has 0 saturated carbocycles. The molecule has 6 heteroatoms. The largest absolute Gasteiger partial charge is 0.416 e. The molecule has 2 N–H and O–H groups in total. The molecule has 4 rings (SSSR count). The molecule has 0 radical (unpaired) electrons. The summed E-state index contributed by atoms with van der Waals surface area (Å²) < 4.78 is 40.2. The number of aliphatic hydroxyl groups excluding tert-OH is 1. The third-order valence-corrected chi connectivity index (χ3v) is 5.67. The molecule has 0 saturated heterocycles. The van der Waals surface area contributed by atoms with Crippen LogP contribution in [0.4, 0.5) is 13.2 Å². The van der Waals surface area contributed by atoms with Gasteiger partial charge in [-0.25, -0.2) is 0 Å². The zero-order valence-corrected chi connectivity index (χ0v) is 16.2. The second kappa shape index (κ2) is 8.20. The summed E-state index contributed by atoms with van der Waals surface area (Å²) in [7, 11) is 0. The van der Waals surface area contributed by atoms with Gasteiger partial charge < -0.3 is 15.0 Å². The summed E-state index contributed by atoms with van der Waals surface area (Å²) in [5.74, 6) is 0. The van der Waals surface area contributed by atoms with Crippen molar-refractivity contribution in [3.63, 3.8) is 0 Å². The standard InChI is InChI=1S/C23H25F3N2O/c24-23(25,26)17-11-9-16(10-12-17)13-27-14-18(29)15-28-21-7-3-1-5-19(21)20-6-2-4-8-22(20)28/h1,3,5,7,9-12,18,27,29H,2,4,6,8,13-15H2. The van der Waals surface area contributed by atoms with Crippen molar-refractivity contribution >= 4 is 10.9 Å². The SMILES string of the molecule is OC(CNCc1ccc(C(F)(F)F)cc1)Cn1c2c(c3ccccc31)CCCC2. The molecular weight excluding hydrogens is 377 g/mol. The van der Waals surface area contributed by atoms with Crippen LogP contribution in [-0.4, -0.2) is 22.3 Å². The maximum Gasteiger partial charge on any atom is 0.416 e. The highest BCUT2D eigenvalue weighted by atomic mass is 19.4. The molecule has 154 valence electrons. The topological polar surface area (TPSA) is 37.2 Å². The number of aliphatic hydroxyl groups is 1. The fourth-order valence-electron chi connectivity index (χ4n) is 4.27. The fourth-order valence-corrected chi connectivity index (χ4v) is 4.27. The molecule has 0 bridgehead atoms. The Kier molecular flexibility index (Phi) is 5.65. The number of rotatable bonds is 6. The molecular formula is C23H25F3N2O. The van der Waals surface area contributed by atoms with Gasteiger partial charge in [-0.05, 0) is 55.0 Å². The van der Waals surface area contributed by atoms with Crippen LogP contribution in [0.5, 0.6) is 0 Å². The number of hydrogen-bond acceptors (Lipinski definition) is 2. The maximum atomic E-state index is 12.6. The molecule has 3 aromatic rings. The molecule has 1 atom stereocenters. The number of hydrogen-bond donors (Lipinski definition) is 2. The van der Waals surface area contributed by atoms with Gasteiger partial charge in [-0.15, -0.1) is 0 Å². The number of alkyl halides is 3. The van der Waals surface area contributed by atoms with Crippen LogP contribution in [0, 0.1) is 0 Å². The monoisotopic (exact) mass is 402 g/mol. The molecule has 0 fully saturated rings. The lowest BCUT2D eigenvalue weighted by molar-refractivity contribution is -0.137. The quantitative estimate of drug-likeness (QED) is 0.628. The summed E-state index contributed by atoms with van der Waals surface area (Å²) in [6.07, 6.45) is -0.392. The van der Waals surface area contributed by atoms with E-state index in [1.165, 1.54) is 47.1 Å². The van der Waals surface area contributed by atoms with Gasteiger partial charge in [0.2, 0.25) is 0 Å². The van der Waals surface area contributed by atoms with Gasteiger partial charge in [0.05, 0.1) is 18.2 Å². The Labute approximate surface area is 168 Å². The number of nitrogens with zero attached hydrogens (tertiary/aromatic N) is 1. The van der Waals surface area contributed by atoms with E-state index in [2.05, 4.69) is 28.1 Å². The molecule has 3 nitrogen and oxygen atoms in total. The minimum Gasteiger partial charge on any atom is -0.390 e. The molecule has 1 heterocycles. The van der Waals surface area contributed by atoms with Crippen molar-refractivity contribution in [2.75, 3.05) is 6.54 Å². The van der Waals surface area contributed by atoms with Gasteiger partial charge in [-0.2, -0.15) is 13.2 Å². The molecule has 0 spiro atoms. The molecule has 1 unspecified atom stereocenters. The lowest BCUT2D eigenvalue weighted by Gasteiger charge is -2.19. The third kappa shape index (κ3) is 4.33. The van der Waals surface area contributed by atoms with Gasteiger partial charge in [-0.1, -0.05) is 30.3 Å². The number of fused-ring (bicyclic) bond motifs is 3. The Balaban J connectivity index is 1.39. The second-order valence-corrected chi connectivity index (χ2v) is 7.74. The smallest absolute Gasteiger partial charge is 0.390 e. The Bertz CT molecular complexity index is 976. The average molecular weight is 402 g/mol. The van der Waals surface area contributed by atoms with Crippen LogP contribution in [0.3, 0.4) is 0 Å². The Morgan fingerprint density at radius 2 is 1.72 bits per heavy atom. The van der Waals surface area contributed by atoms with Gasteiger partial charge in [0.25, 0.3) is 0 Å². The summed E-state index contributed by atoms with van der Waals surface area (Å²) in [4.78, 5) is 0. The van der Waals surface area contributed by atoms with Crippen LogP contribution < -0.4 is 5.32 Å². The summed E-state index contributed by atoms with van der Waals surface area (Å²) in [6.45, 7) is 1.30. The van der Waals surface area contributed by atoms with E-state index in [4.69, 9.17) is 0 Å². The first-order valence-corrected chi connectivity index (χ1v) is 10.1. The normalized spacial score (nSPS) is 15.4. The van der Waals surface area contributed by atoms with Crippen LogP contribution in [-0.2, 0) is 32.1 Å². The lowest BCUT2D eigenvalue weighted by Crippen LogP contribution is -2.30. The van der Waals surface area contributed by atoms with Crippen molar-refractivity contribution in [2.45, 2.75) is 51.1 Å². The first kappa shape index (κ1) is 20.0. The first-order valence-electron chi connectivity index (χ1n) is 10.1. The predicted molar refractivity (Wildman–Crippen MR) is 108 cm³/mol. The third-order valence-electron chi connectivity index (χ3n) is 5.67. The van der Waals surface area contributed by atoms with E-state index in [9.17, 15) is 18.3 Å². The number of aromatic nitrogens is 1. The summed E-state index contributed by atoms with van der Waals surface area (Å²) in [6, 6.07) is 13.5. The van der Waals surface area contributed by atoms with Crippen molar-refractivity contribution in [3.05, 3.63) is 70.9 Å². The summed E-state index contributed by atoms with van der Waals surface area (Å²) in [5, 5.41) is 15.0. The van der Waals surface area contributed by atoms with Gasteiger partial charge in [-0.3, -0.25) is 0 Å². The Morgan fingerprint density at radius 1 is 1.00 bits per heavy atom.